The lowest BCUT2D eigenvalue weighted by atomic mass is 9.96. The van der Waals surface area contributed by atoms with Crippen LogP contribution in [-0.4, -0.2) is 33.3 Å². The van der Waals surface area contributed by atoms with Gasteiger partial charge in [-0.25, -0.2) is 0 Å². The molecule has 1 fully saturated rings. The molecular formula is C16H24N4. The smallest absolute Gasteiger partial charge is 0.0843 e. The third-order valence-corrected chi connectivity index (χ3v) is 4.63. The van der Waals surface area contributed by atoms with Gasteiger partial charge >= 0.3 is 0 Å². The van der Waals surface area contributed by atoms with Gasteiger partial charge in [0.25, 0.3) is 0 Å². The molecule has 1 saturated heterocycles. The van der Waals surface area contributed by atoms with E-state index in [1.807, 2.05) is 11.7 Å². The van der Waals surface area contributed by atoms with Crippen molar-refractivity contribution < 1.29 is 0 Å². The number of likely N-dealkylation sites (tertiary alicyclic amines) is 1. The Hall–Kier alpha value is -1.39. The second-order valence-electron chi connectivity index (χ2n) is 5.93. The Balaban J connectivity index is 1.91. The number of aromatic nitrogens is 2. The second kappa shape index (κ2) is 5.54. The molecule has 4 heteroatoms. The van der Waals surface area contributed by atoms with Crippen LogP contribution in [0.15, 0.2) is 24.3 Å². The average Bonchev–Trinajstić information content (AvgIpc) is 2.78. The van der Waals surface area contributed by atoms with Gasteiger partial charge in [0.15, 0.2) is 0 Å². The zero-order valence-corrected chi connectivity index (χ0v) is 12.4. The largest absolute Gasteiger partial charge is 0.329 e. The van der Waals surface area contributed by atoms with Crippen LogP contribution in [0, 0.1) is 0 Å². The molecule has 0 bridgehead atoms. The first kappa shape index (κ1) is 13.6. The molecule has 0 amide bonds. The van der Waals surface area contributed by atoms with E-state index in [9.17, 15) is 0 Å². The maximum atomic E-state index is 5.96. The Bertz CT molecular complexity index is 589. The number of benzene rings is 1. The maximum Gasteiger partial charge on any atom is 0.0843 e. The molecule has 2 heterocycles. The van der Waals surface area contributed by atoms with Crippen LogP contribution in [0.2, 0.25) is 0 Å². The van der Waals surface area contributed by atoms with Gasteiger partial charge in [-0.1, -0.05) is 24.6 Å². The molecule has 108 valence electrons. The van der Waals surface area contributed by atoms with Gasteiger partial charge in [-0.2, -0.15) is 5.10 Å². The molecule has 2 N–H and O–H groups in total. The predicted molar refractivity (Wildman–Crippen MR) is 82.4 cm³/mol. The van der Waals surface area contributed by atoms with Crippen LogP contribution >= 0.6 is 0 Å². The van der Waals surface area contributed by atoms with Gasteiger partial charge in [0.2, 0.25) is 0 Å². The molecule has 0 aliphatic carbocycles. The van der Waals surface area contributed by atoms with Crippen molar-refractivity contribution in [3.05, 3.63) is 30.0 Å². The summed E-state index contributed by atoms with van der Waals surface area (Å²) in [7, 11) is 2.02. The van der Waals surface area contributed by atoms with Crippen molar-refractivity contribution >= 4 is 10.9 Å². The minimum atomic E-state index is 0.500. The summed E-state index contributed by atoms with van der Waals surface area (Å²) in [5.74, 6) is 0. The van der Waals surface area contributed by atoms with E-state index >= 15 is 0 Å². The number of nitrogens with zero attached hydrogens (tertiary/aromatic N) is 3. The van der Waals surface area contributed by atoms with Crippen molar-refractivity contribution in [1.29, 1.82) is 0 Å². The summed E-state index contributed by atoms with van der Waals surface area (Å²) in [6.07, 6.45) is 3.77. The highest BCUT2D eigenvalue weighted by molar-refractivity contribution is 5.81. The van der Waals surface area contributed by atoms with Crippen LogP contribution in [0.3, 0.4) is 0 Å². The highest BCUT2D eigenvalue weighted by atomic mass is 15.3. The Morgan fingerprint density at radius 2 is 2.10 bits per heavy atom. The topological polar surface area (TPSA) is 47.1 Å². The molecule has 1 aliphatic rings. The van der Waals surface area contributed by atoms with Crippen LogP contribution in [0.4, 0.5) is 0 Å². The monoisotopic (exact) mass is 272 g/mol. The third kappa shape index (κ3) is 2.34. The van der Waals surface area contributed by atoms with Gasteiger partial charge in [-0.15, -0.1) is 0 Å². The third-order valence-electron chi connectivity index (χ3n) is 4.63. The second-order valence-corrected chi connectivity index (χ2v) is 5.93. The van der Waals surface area contributed by atoms with E-state index < -0.39 is 0 Å². The first-order valence-corrected chi connectivity index (χ1v) is 7.57. The molecule has 2 atom stereocenters. The van der Waals surface area contributed by atoms with Crippen LogP contribution in [0.1, 0.15) is 31.9 Å². The van der Waals surface area contributed by atoms with Crippen molar-refractivity contribution in [1.82, 2.24) is 14.7 Å². The molecular weight excluding hydrogens is 248 g/mol. The first-order valence-electron chi connectivity index (χ1n) is 7.57. The Morgan fingerprint density at radius 1 is 1.30 bits per heavy atom. The predicted octanol–water partition coefficient (Wildman–Crippen LogP) is 2.27. The number of para-hydroxylation sites is 1. The van der Waals surface area contributed by atoms with Gasteiger partial charge in [0.05, 0.1) is 11.2 Å². The van der Waals surface area contributed by atoms with E-state index in [0.717, 1.165) is 13.1 Å². The van der Waals surface area contributed by atoms with E-state index in [4.69, 9.17) is 10.8 Å². The summed E-state index contributed by atoms with van der Waals surface area (Å²) < 4.78 is 1.98. The van der Waals surface area contributed by atoms with Gasteiger partial charge in [-0.05, 0) is 25.8 Å². The van der Waals surface area contributed by atoms with Crippen molar-refractivity contribution in [3.63, 3.8) is 0 Å². The summed E-state index contributed by atoms with van der Waals surface area (Å²) in [4.78, 5) is 2.54. The number of rotatable bonds is 3. The first-order chi connectivity index (χ1) is 9.70. The lowest BCUT2D eigenvalue weighted by Crippen LogP contribution is -2.48. The number of hydrogen-bond donors (Lipinski definition) is 1. The zero-order valence-electron chi connectivity index (χ0n) is 12.4. The summed E-state index contributed by atoms with van der Waals surface area (Å²) in [5.41, 5.74) is 8.34. The van der Waals surface area contributed by atoms with E-state index in [1.165, 1.54) is 35.9 Å². The summed E-state index contributed by atoms with van der Waals surface area (Å²) in [6, 6.07) is 9.56. The molecule has 2 unspecified atom stereocenters. The van der Waals surface area contributed by atoms with Crippen LogP contribution < -0.4 is 5.73 Å². The lowest BCUT2D eigenvalue weighted by molar-refractivity contribution is 0.0880. The molecule has 20 heavy (non-hydrogen) atoms. The quantitative estimate of drug-likeness (QED) is 0.932. The average molecular weight is 272 g/mol. The standard InChI is InChI=1S/C16H24N4/c1-12-6-5-7-13(10-17)20(12)11-15-14-8-3-4-9-16(14)19(2)18-15/h3-4,8-9,12-13H,5-7,10-11,17H2,1-2H3. The maximum absolute atomic E-state index is 5.96. The van der Waals surface area contributed by atoms with Gasteiger partial charge in [0, 0.05) is 37.6 Å². The zero-order chi connectivity index (χ0) is 14.1. The lowest BCUT2D eigenvalue weighted by Gasteiger charge is -2.39. The van der Waals surface area contributed by atoms with Crippen LogP contribution in [-0.2, 0) is 13.6 Å². The van der Waals surface area contributed by atoms with Gasteiger partial charge < -0.3 is 5.73 Å². The number of fused-ring (bicyclic) bond motifs is 1. The molecule has 2 aromatic rings. The normalized spacial score (nSPS) is 24.4. The van der Waals surface area contributed by atoms with Crippen molar-refractivity contribution in [2.75, 3.05) is 6.54 Å². The van der Waals surface area contributed by atoms with Crippen molar-refractivity contribution in [3.8, 4) is 0 Å². The highest BCUT2D eigenvalue weighted by Crippen LogP contribution is 2.26. The molecule has 0 saturated carbocycles. The Morgan fingerprint density at radius 3 is 2.90 bits per heavy atom. The SMILES string of the molecule is CC1CCCC(CN)N1Cc1nn(C)c2ccccc12. The number of hydrogen-bond acceptors (Lipinski definition) is 3. The highest BCUT2D eigenvalue weighted by Gasteiger charge is 2.28. The minimum Gasteiger partial charge on any atom is -0.329 e. The summed E-state index contributed by atoms with van der Waals surface area (Å²) >= 11 is 0. The van der Waals surface area contributed by atoms with Crippen molar-refractivity contribution in [2.45, 2.75) is 44.8 Å². The van der Waals surface area contributed by atoms with Crippen LogP contribution in [0.25, 0.3) is 10.9 Å². The number of nitrogens with two attached hydrogens (primary N) is 1. The van der Waals surface area contributed by atoms with E-state index in [0.29, 0.717) is 12.1 Å². The van der Waals surface area contributed by atoms with E-state index in [2.05, 4.69) is 36.1 Å². The Labute approximate surface area is 120 Å². The molecule has 1 aromatic heterocycles. The fourth-order valence-corrected chi connectivity index (χ4v) is 3.46. The minimum absolute atomic E-state index is 0.500. The van der Waals surface area contributed by atoms with Gasteiger partial charge in [0.1, 0.15) is 0 Å². The molecule has 0 spiro atoms. The van der Waals surface area contributed by atoms with E-state index in [-0.39, 0.29) is 0 Å². The summed E-state index contributed by atoms with van der Waals surface area (Å²) in [5, 5.41) is 5.99. The fourth-order valence-electron chi connectivity index (χ4n) is 3.46. The molecule has 3 rings (SSSR count). The molecule has 4 nitrogen and oxygen atoms in total. The van der Waals surface area contributed by atoms with Crippen molar-refractivity contribution in [2.24, 2.45) is 12.8 Å². The number of aryl methyl sites for hydroxylation is 1. The molecule has 1 aliphatic heterocycles. The molecule has 1 aromatic carbocycles. The van der Waals surface area contributed by atoms with E-state index in [1.54, 1.807) is 0 Å². The number of piperidine rings is 1. The van der Waals surface area contributed by atoms with Crippen LogP contribution in [0.5, 0.6) is 0 Å². The van der Waals surface area contributed by atoms with Gasteiger partial charge in [-0.3, -0.25) is 9.58 Å². The summed E-state index contributed by atoms with van der Waals surface area (Å²) in [6.45, 7) is 3.96. The molecule has 0 radical (unpaired) electrons. The fraction of sp³-hybridized carbons (Fsp3) is 0.562. The Kier molecular flexibility index (Phi) is 3.76.